The minimum atomic E-state index is -0.458. The van der Waals surface area contributed by atoms with Crippen LogP contribution in [0, 0.1) is 19.7 Å². The van der Waals surface area contributed by atoms with Crippen molar-refractivity contribution in [3.05, 3.63) is 88.4 Å². The van der Waals surface area contributed by atoms with Crippen molar-refractivity contribution in [2.24, 2.45) is 0 Å². The SMILES string of the molecule is Cc1cccc(CNC(=O)c2ccc(-c3cc(C(=O)NC4CC4)cc(F)c3C)nc2)c1. The van der Waals surface area contributed by atoms with E-state index in [0.717, 1.165) is 24.0 Å². The van der Waals surface area contributed by atoms with Gasteiger partial charge in [0.2, 0.25) is 0 Å². The Morgan fingerprint density at radius 3 is 2.52 bits per heavy atom. The molecule has 3 aromatic rings. The number of aromatic nitrogens is 1. The van der Waals surface area contributed by atoms with Crippen molar-refractivity contribution in [2.45, 2.75) is 39.3 Å². The van der Waals surface area contributed by atoms with Crippen molar-refractivity contribution < 1.29 is 14.0 Å². The number of rotatable bonds is 6. The molecular weight excluding hydrogens is 393 g/mol. The van der Waals surface area contributed by atoms with Crippen LogP contribution in [-0.2, 0) is 6.54 Å². The fourth-order valence-electron chi connectivity index (χ4n) is 3.37. The number of nitrogens with zero attached hydrogens (tertiary/aromatic N) is 1. The summed E-state index contributed by atoms with van der Waals surface area (Å²) in [6.07, 6.45) is 3.39. The second-order valence-electron chi connectivity index (χ2n) is 7.98. The third kappa shape index (κ3) is 4.97. The van der Waals surface area contributed by atoms with Crippen molar-refractivity contribution in [2.75, 3.05) is 0 Å². The van der Waals surface area contributed by atoms with E-state index < -0.39 is 5.82 Å². The average molecular weight is 417 g/mol. The lowest BCUT2D eigenvalue weighted by atomic mass is 10.00. The molecule has 158 valence electrons. The van der Waals surface area contributed by atoms with Gasteiger partial charge in [0.05, 0.1) is 11.3 Å². The first-order valence-corrected chi connectivity index (χ1v) is 10.3. The van der Waals surface area contributed by atoms with Crippen molar-refractivity contribution in [1.82, 2.24) is 15.6 Å². The van der Waals surface area contributed by atoms with Gasteiger partial charge in [-0.15, -0.1) is 0 Å². The molecule has 1 aliphatic rings. The molecule has 0 bridgehead atoms. The zero-order chi connectivity index (χ0) is 22.0. The molecular formula is C25H24FN3O2. The van der Waals surface area contributed by atoms with E-state index in [0.29, 0.717) is 28.9 Å². The number of carbonyl (C=O) groups excluding carboxylic acids is 2. The number of hydrogen-bond donors (Lipinski definition) is 2. The number of benzene rings is 2. The van der Waals surface area contributed by atoms with Crippen LogP contribution in [0.4, 0.5) is 4.39 Å². The molecule has 2 amide bonds. The molecule has 1 fully saturated rings. The molecule has 31 heavy (non-hydrogen) atoms. The van der Waals surface area contributed by atoms with E-state index in [1.165, 1.54) is 12.3 Å². The van der Waals surface area contributed by atoms with Gasteiger partial charge in [-0.05, 0) is 62.1 Å². The second kappa shape index (κ2) is 8.68. The van der Waals surface area contributed by atoms with E-state index in [1.807, 2.05) is 31.2 Å². The third-order valence-electron chi connectivity index (χ3n) is 5.36. The van der Waals surface area contributed by atoms with Crippen molar-refractivity contribution in [3.8, 4) is 11.3 Å². The Labute approximate surface area is 180 Å². The van der Waals surface area contributed by atoms with Gasteiger partial charge in [0.25, 0.3) is 11.8 Å². The van der Waals surface area contributed by atoms with Gasteiger partial charge < -0.3 is 10.6 Å². The van der Waals surface area contributed by atoms with Crippen molar-refractivity contribution >= 4 is 11.8 Å². The van der Waals surface area contributed by atoms with Gasteiger partial charge in [0.15, 0.2) is 0 Å². The maximum absolute atomic E-state index is 14.5. The highest BCUT2D eigenvalue weighted by atomic mass is 19.1. The fraction of sp³-hybridized carbons (Fsp3) is 0.240. The molecule has 1 heterocycles. The number of amides is 2. The Kier molecular flexibility index (Phi) is 5.80. The molecule has 1 aliphatic carbocycles. The van der Waals surface area contributed by atoms with E-state index in [9.17, 15) is 14.0 Å². The molecule has 2 N–H and O–H groups in total. The summed E-state index contributed by atoms with van der Waals surface area (Å²) in [5.41, 5.74) is 4.29. The van der Waals surface area contributed by atoms with E-state index in [1.54, 1.807) is 25.1 Å². The van der Waals surface area contributed by atoms with Gasteiger partial charge in [0.1, 0.15) is 5.82 Å². The van der Waals surface area contributed by atoms with Gasteiger partial charge in [-0.2, -0.15) is 0 Å². The molecule has 4 rings (SSSR count). The number of hydrogen-bond acceptors (Lipinski definition) is 3. The van der Waals surface area contributed by atoms with Gasteiger partial charge in [0, 0.05) is 29.9 Å². The Morgan fingerprint density at radius 1 is 1.03 bits per heavy atom. The molecule has 0 radical (unpaired) electrons. The van der Waals surface area contributed by atoms with Gasteiger partial charge in [-0.25, -0.2) is 4.39 Å². The highest BCUT2D eigenvalue weighted by Crippen LogP contribution is 2.26. The lowest BCUT2D eigenvalue weighted by Crippen LogP contribution is -2.25. The Hall–Kier alpha value is -3.54. The largest absolute Gasteiger partial charge is 0.349 e. The average Bonchev–Trinajstić information content (AvgIpc) is 3.58. The molecule has 0 spiro atoms. The Morgan fingerprint density at radius 2 is 1.84 bits per heavy atom. The van der Waals surface area contributed by atoms with E-state index in [2.05, 4.69) is 15.6 Å². The topological polar surface area (TPSA) is 71.1 Å². The first-order valence-electron chi connectivity index (χ1n) is 10.3. The van der Waals surface area contributed by atoms with E-state index in [4.69, 9.17) is 0 Å². The maximum Gasteiger partial charge on any atom is 0.253 e. The lowest BCUT2D eigenvalue weighted by Gasteiger charge is -2.11. The summed E-state index contributed by atoms with van der Waals surface area (Å²) in [5, 5.41) is 5.75. The van der Waals surface area contributed by atoms with Gasteiger partial charge in [-0.1, -0.05) is 29.8 Å². The maximum atomic E-state index is 14.5. The minimum absolute atomic E-state index is 0.191. The van der Waals surface area contributed by atoms with Crippen LogP contribution in [0.3, 0.4) is 0 Å². The molecule has 0 unspecified atom stereocenters. The van der Waals surface area contributed by atoms with E-state index >= 15 is 0 Å². The van der Waals surface area contributed by atoms with Crippen LogP contribution < -0.4 is 10.6 Å². The molecule has 6 heteroatoms. The Bertz CT molecular complexity index is 1140. The third-order valence-corrected chi connectivity index (χ3v) is 5.36. The van der Waals surface area contributed by atoms with Crippen LogP contribution >= 0.6 is 0 Å². The highest BCUT2D eigenvalue weighted by Gasteiger charge is 2.24. The van der Waals surface area contributed by atoms with E-state index in [-0.39, 0.29) is 23.4 Å². The summed E-state index contributed by atoms with van der Waals surface area (Å²) in [6.45, 7) is 4.07. The van der Waals surface area contributed by atoms with Gasteiger partial charge in [-0.3, -0.25) is 14.6 Å². The van der Waals surface area contributed by atoms with Crippen molar-refractivity contribution in [3.63, 3.8) is 0 Å². The standard InChI is InChI=1S/C25H24FN3O2/c1-15-4-3-5-17(10-15)13-28-24(30)18-6-9-23(27-14-18)21-11-19(12-22(26)16(21)2)25(31)29-20-7-8-20/h3-6,9-12,14,20H,7-8,13H2,1-2H3,(H,28,30)(H,29,31). The predicted molar refractivity (Wildman–Crippen MR) is 117 cm³/mol. The number of pyridine rings is 1. The summed E-state index contributed by atoms with van der Waals surface area (Å²) >= 11 is 0. The van der Waals surface area contributed by atoms with Crippen LogP contribution in [-0.4, -0.2) is 22.8 Å². The van der Waals surface area contributed by atoms with Gasteiger partial charge >= 0.3 is 0 Å². The number of nitrogens with one attached hydrogen (secondary N) is 2. The molecule has 0 atom stereocenters. The van der Waals surface area contributed by atoms with Crippen LogP contribution in [0.15, 0.2) is 54.7 Å². The molecule has 0 aliphatic heterocycles. The quantitative estimate of drug-likeness (QED) is 0.627. The Balaban J connectivity index is 1.50. The predicted octanol–water partition coefficient (Wildman–Crippen LogP) is 4.33. The summed E-state index contributed by atoms with van der Waals surface area (Å²) in [6, 6.07) is 14.4. The number of halogens is 1. The first kappa shape index (κ1) is 20.7. The molecule has 2 aromatic carbocycles. The summed E-state index contributed by atoms with van der Waals surface area (Å²) < 4.78 is 14.5. The minimum Gasteiger partial charge on any atom is -0.349 e. The highest BCUT2D eigenvalue weighted by molar-refractivity contribution is 5.96. The normalized spacial score (nSPS) is 13.0. The number of aryl methyl sites for hydroxylation is 1. The molecule has 5 nitrogen and oxygen atoms in total. The second-order valence-corrected chi connectivity index (χ2v) is 7.98. The zero-order valence-corrected chi connectivity index (χ0v) is 17.5. The zero-order valence-electron chi connectivity index (χ0n) is 17.5. The smallest absolute Gasteiger partial charge is 0.253 e. The summed E-state index contributed by atoms with van der Waals surface area (Å²) in [7, 11) is 0. The van der Waals surface area contributed by atoms with Crippen LogP contribution in [0.25, 0.3) is 11.3 Å². The molecule has 1 saturated carbocycles. The fourth-order valence-corrected chi connectivity index (χ4v) is 3.37. The summed E-state index contributed by atoms with van der Waals surface area (Å²) in [4.78, 5) is 29.2. The summed E-state index contributed by atoms with van der Waals surface area (Å²) in [5.74, 6) is -0.976. The van der Waals surface area contributed by atoms with Crippen molar-refractivity contribution in [1.29, 1.82) is 0 Å². The van der Waals surface area contributed by atoms with Crippen LogP contribution in [0.5, 0.6) is 0 Å². The van der Waals surface area contributed by atoms with Crippen LogP contribution in [0.1, 0.15) is 50.2 Å². The number of carbonyl (C=O) groups is 2. The molecule has 0 saturated heterocycles. The first-order chi connectivity index (χ1) is 14.9. The van der Waals surface area contributed by atoms with Crippen LogP contribution in [0.2, 0.25) is 0 Å². The lowest BCUT2D eigenvalue weighted by molar-refractivity contribution is 0.0942. The molecule has 1 aromatic heterocycles. The monoisotopic (exact) mass is 417 g/mol.